The molecule has 0 saturated heterocycles. The smallest absolute Gasteiger partial charge is 0.261 e. The van der Waals surface area contributed by atoms with Gasteiger partial charge in [0, 0.05) is 4.47 Å². The van der Waals surface area contributed by atoms with Gasteiger partial charge in [-0.1, -0.05) is 21.1 Å². The second-order valence-electron chi connectivity index (χ2n) is 3.38. The summed E-state index contributed by atoms with van der Waals surface area (Å²) in [5.41, 5.74) is 0.225. The van der Waals surface area contributed by atoms with E-state index in [0.29, 0.717) is 5.82 Å². The van der Waals surface area contributed by atoms with Crippen LogP contribution in [-0.2, 0) is 0 Å². The lowest BCUT2D eigenvalue weighted by Crippen LogP contribution is -1.86. The van der Waals surface area contributed by atoms with Crippen LogP contribution in [0.4, 0.5) is 4.39 Å². The van der Waals surface area contributed by atoms with Crippen molar-refractivity contribution in [2.24, 2.45) is 0 Å². The minimum absolute atomic E-state index is 0.0835. The highest BCUT2D eigenvalue weighted by atomic mass is 79.9. The van der Waals surface area contributed by atoms with Crippen LogP contribution in [0, 0.1) is 5.82 Å². The Morgan fingerprint density at radius 1 is 1.33 bits per heavy atom. The molecule has 0 unspecified atom stereocenters. The second-order valence-corrected chi connectivity index (χ2v) is 4.30. The molecule has 0 saturated carbocycles. The molecule has 2 aromatic heterocycles. The number of rotatable bonds is 2. The summed E-state index contributed by atoms with van der Waals surface area (Å²) in [5, 5.41) is 9.97. The molecule has 0 atom stereocenters. The van der Waals surface area contributed by atoms with Crippen molar-refractivity contribution >= 4 is 15.9 Å². The number of benzene rings is 1. The van der Waals surface area contributed by atoms with Crippen LogP contribution >= 0.6 is 15.9 Å². The van der Waals surface area contributed by atoms with Crippen molar-refractivity contribution < 1.29 is 8.91 Å². The predicted octanol–water partition coefficient (Wildman–Crippen LogP) is 2.42. The molecule has 3 rings (SSSR count). The standard InChI is InChI=1S/C10H5BrFN5O/c11-5-1-2-7(12)6(3-5)10-15-9(17-18-10)8-13-4-14-16-8/h1-4H,(H,13,14,16). The maximum absolute atomic E-state index is 13.6. The molecule has 2 heterocycles. The first-order chi connectivity index (χ1) is 8.74. The third kappa shape index (κ3) is 1.90. The Balaban J connectivity index is 2.05. The average molecular weight is 310 g/mol. The lowest BCUT2D eigenvalue weighted by atomic mass is 10.2. The summed E-state index contributed by atoms with van der Waals surface area (Å²) in [7, 11) is 0. The van der Waals surface area contributed by atoms with Crippen LogP contribution in [0.5, 0.6) is 0 Å². The third-order valence-corrected chi connectivity index (χ3v) is 2.70. The van der Waals surface area contributed by atoms with Gasteiger partial charge >= 0.3 is 0 Å². The topological polar surface area (TPSA) is 80.5 Å². The van der Waals surface area contributed by atoms with Crippen molar-refractivity contribution in [3.63, 3.8) is 0 Å². The van der Waals surface area contributed by atoms with Gasteiger partial charge in [0.15, 0.2) is 5.82 Å². The molecule has 3 aromatic rings. The van der Waals surface area contributed by atoms with E-state index < -0.39 is 5.82 Å². The zero-order chi connectivity index (χ0) is 12.5. The molecule has 0 aliphatic rings. The van der Waals surface area contributed by atoms with E-state index in [0.717, 1.165) is 4.47 Å². The molecule has 0 bridgehead atoms. The average Bonchev–Trinajstić information content (AvgIpc) is 3.00. The summed E-state index contributed by atoms with van der Waals surface area (Å²) in [6.45, 7) is 0. The lowest BCUT2D eigenvalue weighted by Gasteiger charge is -1.97. The van der Waals surface area contributed by atoms with Gasteiger partial charge in [0.05, 0.1) is 5.56 Å². The molecule has 0 fully saturated rings. The number of H-pyrrole nitrogens is 1. The van der Waals surface area contributed by atoms with E-state index in [1.54, 1.807) is 12.1 Å². The third-order valence-electron chi connectivity index (χ3n) is 2.21. The monoisotopic (exact) mass is 309 g/mol. The first kappa shape index (κ1) is 11.0. The Hall–Kier alpha value is -2.09. The van der Waals surface area contributed by atoms with Gasteiger partial charge in [-0.3, -0.25) is 5.10 Å². The quantitative estimate of drug-likeness (QED) is 0.786. The van der Waals surface area contributed by atoms with Crippen LogP contribution in [0.1, 0.15) is 0 Å². The molecule has 8 heteroatoms. The van der Waals surface area contributed by atoms with Gasteiger partial charge in [-0.2, -0.15) is 10.1 Å². The minimum atomic E-state index is -0.439. The Morgan fingerprint density at radius 3 is 3.00 bits per heavy atom. The maximum atomic E-state index is 13.6. The van der Waals surface area contributed by atoms with Crippen molar-refractivity contribution in [3.05, 3.63) is 34.8 Å². The summed E-state index contributed by atoms with van der Waals surface area (Å²) in [5.74, 6) is 0.230. The molecule has 1 aromatic carbocycles. The molecule has 90 valence electrons. The number of hydrogen-bond donors (Lipinski definition) is 1. The number of hydrogen-bond acceptors (Lipinski definition) is 5. The van der Waals surface area contributed by atoms with E-state index >= 15 is 0 Å². The Kier molecular flexibility index (Phi) is 2.63. The Morgan fingerprint density at radius 2 is 2.22 bits per heavy atom. The summed E-state index contributed by atoms with van der Waals surface area (Å²) >= 11 is 3.25. The largest absolute Gasteiger partial charge is 0.333 e. The molecule has 6 nitrogen and oxygen atoms in total. The summed E-state index contributed by atoms with van der Waals surface area (Å²) in [6.07, 6.45) is 1.32. The van der Waals surface area contributed by atoms with Gasteiger partial charge in [0.2, 0.25) is 5.82 Å². The van der Waals surface area contributed by atoms with E-state index in [9.17, 15) is 4.39 Å². The first-order valence-electron chi connectivity index (χ1n) is 4.89. The number of nitrogens with zero attached hydrogens (tertiary/aromatic N) is 4. The highest BCUT2D eigenvalue weighted by molar-refractivity contribution is 9.10. The fourth-order valence-electron chi connectivity index (χ4n) is 1.40. The lowest BCUT2D eigenvalue weighted by molar-refractivity contribution is 0.429. The number of nitrogens with one attached hydrogen (secondary N) is 1. The maximum Gasteiger partial charge on any atom is 0.261 e. The van der Waals surface area contributed by atoms with Crippen LogP contribution in [0.2, 0.25) is 0 Å². The zero-order valence-corrected chi connectivity index (χ0v) is 10.3. The Bertz CT molecular complexity index is 681. The van der Waals surface area contributed by atoms with Crippen molar-refractivity contribution in [2.75, 3.05) is 0 Å². The fraction of sp³-hybridized carbons (Fsp3) is 0. The molecular formula is C10H5BrFN5O. The summed E-state index contributed by atoms with van der Waals surface area (Å²) in [6, 6.07) is 4.47. The van der Waals surface area contributed by atoms with E-state index in [1.807, 2.05) is 0 Å². The normalized spacial score (nSPS) is 10.8. The SMILES string of the molecule is Fc1ccc(Br)cc1-c1nc(-c2ncn[nH]2)no1. The zero-order valence-electron chi connectivity index (χ0n) is 8.76. The summed E-state index contributed by atoms with van der Waals surface area (Å²) < 4.78 is 19.3. The van der Waals surface area contributed by atoms with Gasteiger partial charge in [0.1, 0.15) is 12.1 Å². The van der Waals surface area contributed by atoms with Crippen molar-refractivity contribution in [1.29, 1.82) is 0 Å². The van der Waals surface area contributed by atoms with Crippen LogP contribution in [-0.4, -0.2) is 25.3 Å². The molecule has 18 heavy (non-hydrogen) atoms. The fourth-order valence-corrected chi connectivity index (χ4v) is 1.76. The van der Waals surface area contributed by atoms with Crippen LogP contribution in [0.15, 0.2) is 33.5 Å². The molecule has 0 radical (unpaired) electrons. The van der Waals surface area contributed by atoms with Crippen LogP contribution < -0.4 is 0 Å². The molecule has 1 N–H and O–H groups in total. The first-order valence-corrected chi connectivity index (χ1v) is 5.68. The predicted molar refractivity (Wildman–Crippen MR) is 62.8 cm³/mol. The highest BCUT2D eigenvalue weighted by Gasteiger charge is 2.15. The molecule has 0 spiro atoms. The Labute approximate surface area is 108 Å². The van der Waals surface area contributed by atoms with Crippen molar-refractivity contribution in [3.8, 4) is 23.1 Å². The summed E-state index contributed by atoms with van der Waals surface area (Å²) in [4.78, 5) is 7.93. The van der Waals surface area contributed by atoms with Crippen LogP contribution in [0.3, 0.4) is 0 Å². The van der Waals surface area contributed by atoms with E-state index in [-0.39, 0.29) is 17.3 Å². The van der Waals surface area contributed by atoms with Gasteiger partial charge in [-0.25, -0.2) is 9.37 Å². The second kappa shape index (κ2) is 4.30. The number of aromatic nitrogens is 5. The number of halogens is 2. The van der Waals surface area contributed by atoms with E-state index in [2.05, 4.69) is 41.3 Å². The van der Waals surface area contributed by atoms with Crippen LogP contribution in [0.25, 0.3) is 23.1 Å². The van der Waals surface area contributed by atoms with Gasteiger partial charge in [-0.15, -0.1) is 0 Å². The highest BCUT2D eigenvalue weighted by Crippen LogP contribution is 2.26. The van der Waals surface area contributed by atoms with E-state index in [4.69, 9.17) is 4.52 Å². The van der Waals surface area contributed by atoms with Crippen molar-refractivity contribution in [2.45, 2.75) is 0 Å². The van der Waals surface area contributed by atoms with Gasteiger partial charge < -0.3 is 4.52 Å². The van der Waals surface area contributed by atoms with Crippen molar-refractivity contribution in [1.82, 2.24) is 25.3 Å². The number of aromatic amines is 1. The molecule has 0 aliphatic heterocycles. The molecular weight excluding hydrogens is 305 g/mol. The molecule has 0 aliphatic carbocycles. The molecule has 0 amide bonds. The van der Waals surface area contributed by atoms with E-state index in [1.165, 1.54) is 12.4 Å². The van der Waals surface area contributed by atoms with Gasteiger partial charge in [-0.05, 0) is 18.2 Å². The van der Waals surface area contributed by atoms with Gasteiger partial charge in [0.25, 0.3) is 5.89 Å². The minimum Gasteiger partial charge on any atom is -0.333 e.